The molecule has 2 aromatic carbocycles. The zero-order valence-corrected chi connectivity index (χ0v) is 21.3. The van der Waals surface area contributed by atoms with E-state index in [1.54, 1.807) is 0 Å². The smallest absolute Gasteiger partial charge is 0.245 e. The Hall–Kier alpha value is -2.88. The number of halogens is 1. The number of piperidine rings is 1. The van der Waals surface area contributed by atoms with E-state index in [1.807, 2.05) is 41.3 Å². The van der Waals surface area contributed by atoms with Crippen molar-refractivity contribution in [1.82, 2.24) is 15.5 Å². The number of carbonyl (C=O) groups is 2. The Morgan fingerprint density at radius 2 is 1.81 bits per heavy atom. The lowest BCUT2D eigenvalue weighted by Crippen LogP contribution is -2.57. The number of rotatable bonds is 7. The summed E-state index contributed by atoms with van der Waals surface area (Å²) in [6.07, 6.45) is 5.70. The van der Waals surface area contributed by atoms with E-state index in [2.05, 4.69) is 28.8 Å². The Morgan fingerprint density at radius 3 is 2.47 bits per heavy atom. The maximum Gasteiger partial charge on any atom is 0.245 e. The molecule has 2 amide bonds. The monoisotopic (exact) mass is 504 g/mol. The Labute approximate surface area is 218 Å². The van der Waals surface area contributed by atoms with Crippen molar-refractivity contribution in [3.63, 3.8) is 0 Å². The SMILES string of the molecule is N#CCC1(C2CC2)CCN(C(=O)[C@H](Cc2ccc(Cl)cc2)NC(=O)[C@H]2Cc3ccccc3CN2)CC1. The van der Waals surface area contributed by atoms with Crippen molar-refractivity contribution in [2.24, 2.45) is 11.3 Å². The largest absolute Gasteiger partial charge is 0.343 e. The molecule has 2 fully saturated rings. The first-order valence-corrected chi connectivity index (χ1v) is 13.4. The van der Waals surface area contributed by atoms with Crippen molar-refractivity contribution in [3.8, 4) is 6.07 Å². The fourth-order valence-corrected chi connectivity index (χ4v) is 6.07. The van der Waals surface area contributed by atoms with Crippen LogP contribution in [0.4, 0.5) is 0 Å². The van der Waals surface area contributed by atoms with E-state index in [0.717, 1.165) is 18.4 Å². The maximum absolute atomic E-state index is 13.7. The fraction of sp³-hybridized carbons (Fsp3) is 0.483. The minimum Gasteiger partial charge on any atom is -0.343 e. The highest BCUT2D eigenvalue weighted by atomic mass is 35.5. The van der Waals surface area contributed by atoms with Gasteiger partial charge in [0.1, 0.15) is 6.04 Å². The van der Waals surface area contributed by atoms with Gasteiger partial charge in [-0.3, -0.25) is 9.59 Å². The number of nitrogens with one attached hydrogen (secondary N) is 2. The van der Waals surface area contributed by atoms with Crippen LogP contribution in [0.3, 0.4) is 0 Å². The number of nitrogens with zero attached hydrogens (tertiary/aromatic N) is 2. The van der Waals surface area contributed by atoms with Crippen LogP contribution in [-0.2, 0) is 29.0 Å². The summed E-state index contributed by atoms with van der Waals surface area (Å²) < 4.78 is 0. The molecule has 0 radical (unpaired) electrons. The first-order chi connectivity index (χ1) is 17.5. The highest BCUT2D eigenvalue weighted by molar-refractivity contribution is 6.30. The van der Waals surface area contributed by atoms with Gasteiger partial charge in [0.15, 0.2) is 0 Å². The average Bonchev–Trinajstić information content (AvgIpc) is 3.76. The highest BCUT2D eigenvalue weighted by Crippen LogP contribution is 2.53. The van der Waals surface area contributed by atoms with E-state index >= 15 is 0 Å². The third-order valence-electron chi connectivity index (χ3n) is 8.31. The minimum atomic E-state index is -0.651. The van der Waals surface area contributed by atoms with Gasteiger partial charge in [-0.1, -0.05) is 48.0 Å². The molecule has 1 saturated heterocycles. The Morgan fingerprint density at radius 1 is 1.11 bits per heavy atom. The standard InChI is InChI=1S/C29H33ClN4O2/c30-24-9-5-20(6-10-24)17-26(33-27(35)25-18-21-3-1-2-4-22(21)19-32-25)28(36)34-15-12-29(11-14-31,13-16-34)23-7-8-23/h1-6,9-10,23,25-26,32H,7-8,11-13,15-19H2,(H,33,35)/t25-,26+/m1/s1. The van der Waals surface area contributed by atoms with Gasteiger partial charge in [-0.2, -0.15) is 5.26 Å². The van der Waals surface area contributed by atoms with Crippen molar-refractivity contribution >= 4 is 23.4 Å². The molecule has 5 rings (SSSR count). The molecule has 6 nitrogen and oxygen atoms in total. The van der Waals surface area contributed by atoms with Gasteiger partial charge in [0, 0.05) is 37.5 Å². The van der Waals surface area contributed by atoms with Gasteiger partial charge in [-0.25, -0.2) is 0 Å². The lowest BCUT2D eigenvalue weighted by Gasteiger charge is -2.42. The van der Waals surface area contributed by atoms with Crippen LogP contribution < -0.4 is 10.6 Å². The van der Waals surface area contributed by atoms with Crippen molar-refractivity contribution in [3.05, 3.63) is 70.2 Å². The molecule has 0 aromatic heterocycles. The second-order valence-electron chi connectivity index (χ2n) is 10.6. The van der Waals surface area contributed by atoms with Crippen molar-refractivity contribution in [1.29, 1.82) is 5.26 Å². The fourth-order valence-electron chi connectivity index (χ4n) is 5.94. The average molecular weight is 505 g/mol. The summed E-state index contributed by atoms with van der Waals surface area (Å²) in [5.41, 5.74) is 3.38. The predicted octanol–water partition coefficient (Wildman–Crippen LogP) is 4.01. The van der Waals surface area contributed by atoms with Crippen molar-refractivity contribution in [2.75, 3.05) is 13.1 Å². The van der Waals surface area contributed by atoms with E-state index in [4.69, 9.17) is 11.6 Å². The Balaban J connectivity index is 1.29. The summed E-state index contributed by atoms with van der Waals surface area (Å²) in [5.74, 6) is 0.431. The number of nitriles is 1. The normalized spacial score (nSPS) is 21.7. The van der Waals surface area contributed by atoms with E-state index < -0.39 is 6.04 Å². The predicted molar refractivity (Wildman–Crippen MR) is 139 cm³/mol. The molecule has 188 valence electrons. The minimum absolute atomic E-state index is 0.0455. The second kappa shape index (κ2) is 10.6. The molecule has 3 aliphatic rings. The van der Waals surface area contributed by atoms with Crippen LogP contribution in [0.2, 0.25) is 5.02 Å². The number of fused-ring (bicyclic) bond motifs is 1. The zero-order chi connectivity index (χ0) is 25.1. The van der Waals surface area contributed by atoms with Gasteiger partial charge >= 0.3 is 0 Å². The van der Waals surface area contributed by atoms with E-state index in [9.17, 15) is 14.9 Å². The third kappa shape index (κ3) is 5.43. The van der Waals surface area contributed by atoms with Crippen LogP contribution in [0.5, 0.6) is 0 Å². The Kier molecular flexibility index (Phi) is 7.32. The number of carbonyl (C=O) groups excluding carboxylic acids is 2. The van der Waals surface area contributed by atoms with Crippen LogP contribution >= 0.6 is 11.6 Å². The van der Waals surface area contributed by atoms with Crippen LogP contribution in [0.1, 0.15) is 48.8 Å². The van der Waals surface area contributed by atoms with Gasteiger partial charge in [0.05, 0.1) is 12.1 Å². The molecule has 1 aliphatic carbocycles. The molecule has 2 aromatic rings. The second-order valence-corrected chi connectivity index (χ2v) is 11.0. The molecular formula is C29H33ClN4O2. The van der Waals surface area contributed by atoms with Gasteiger partial charge < -0.3 is 15.5 Å². The lowest BCUT2D eigenvalue weighted by molar-refractivity contribution is -0.139. The van der Waals surface area contributed by atoms with Gasteiger partial charge in [-0.05, 0) is 72.3 Å². The molecule has 0 spiro atoms. The first kappa shape index (κ1) is 24.8. The molecule has 2 atom stereocenters. The summed E-state index contributed by atoms with van der Waals surface area (Å²) in [6, 6.07) is 17.0. The molecule has 2 N–H and O–H groups in total. The van der Waals surface area contributed by atoms with E-state index in [-0.39, 0.29) is 23.3 Å². The summed E-state index contributed by atoms with van der Waals surface area (Å²) in [5, 5.41) is 16.4. The highest BCUT2D eigenvalue weighted by Gasteiger charge is 2.47. The number of likely N-dealkylation sites (tertiary alicyclic amines) is 1. The summed E-state index contributed by atoms with van der Waals surface area (Å²) >= 11 is 6.07. The number of hydrogen-bond donors (Lipinski definition) is 2. The molecule has 0 bridgehead atoms. The van der Waals surface area contributed by atoms with E-state index in [1.165, 1.54) is 24.0 Å². The third-order valence-corrected chi connectivity index (χ3v) is 8.56. The Bertz CT molecular complexity index is 1150. The topological polar surface area (TPSA) is 85.2 Å². The molecule has 2 aliphatic heterocycles. The van der Waals surface area contributed by atoms with Crippen LogP contribution in [-0.4, -0.2) is 41.9 Å². The van der Waals surface area contributed by atoms with Gasteiger partial charge in [0.2, 0.25) is 11.8 Å². The first-order valence-electron chi connectivity index (χ1n) is 13.0. The maximum atomic E-state index is 13.7. The summed E-state index contributed by atoms with van der Waals surface area (Å²) in [7, 11) is 0. The molecule has 1 saturated carbocycles. The molecular weight excluding hydrogens is 472 g/mol. The van der Waals surface area contributed by atoms with Crippen LogP contribution in [0, 0.1) is 22.7 Å². The van der Waals surface area contributed by atoms with Crippen molar-refractivity contribution < 1.29 is 9.59 Å². The quantitative estimate of drug-likeness (QED) is 0.596. The molecule has 2 heterocycles. The van der Waals surface area contributed by atoms with Crippen molar-refractivity contribution in [2.45, 2.75) is 63.6 Å². The number of hydrogen-bond acceptors (Lipinski definition) is 4. The molecule has 36 heavy (non-hydrogen) atoms. The summed E-state index contributed by atoms with van der Waals surface area (Å²) in [6.45, 7) is 1.91. The number of benzene rings is 2. The molecule has 0 unspecified atom stereocenters. The van der Waals surface area contributed by atoms with E-state index in [0.29, 0.717) is 49.8 Å². The van der Waals surface area contributed by atoms with Gasteiger partial charge in [-0.15, -0.1) is 0 Å². The number of amides is 2. The zero-order valence-electron chi connectivity index (χ0n) is 20.5. The van der Waals surface area contributed by atoms with Crippen LogP contribution in [0.15, 0.2) is 48.5 Å². The lowest BCUT2D eigenvalue weighted by atomic mass is 9.72. The van der Waals surface area contributed by atoms with Gasteiger partial charge in [0.25, 0.3) is 0 Å². The molecule has 7 heteroatoms. The summed E-state index contributed by atoms with van der Waals surface area (Å²) in [4.78, 5) is 29.0. The van der Waals surface area contributed by atoms with Crippen LogP contribution in [0.25, 0.3) is 0 Å².